The maximum absolute atomic E-state index is 13.4. The molecule has 4 rings (SSSR count). The monoisotopic (exact) mass is 434 g/mol. The van der Waals surface area contributed by atoms with Crippen LogP contribution in [0.15, 0.2) is 70.3 Å². The van der Waals surface area contributed by atoms with Crippen molar-refractivity contribution in [3.8, 4) is 0 Å². The Bertz CT molecular complexity index is 1350. The molecule has 4 aromatic rings. The number of thiophene rings is 1. The molecule has 31 heavy (non-hydrogen) atoms. The fourth-order valence-electron chi connectivity index (χ4n) is 3.60. The molecular formula is C24H22N2O4S. The molecule has 0 N–H and O–H groups in total. The van der Waals surface area contributed by atoms with Crippen LogP contribution < -0.4 is 11.2 Å². The van der Waals surface area contributed by atoms with Crippen molar-refractivity contribution in [3.63, 3.8) is 0 Å². The predicted octanol–water partition coefficient (Wildman–Crippen LogP) is 3.81. The summed E-state index contributed by atoms with van der Waals surface area (Å²) in [5, 5.41) is 0.388. The molecule has 0 bridgehead atoms. The number of fused-ring (bicyclic) bond motifs is 1. The maximum Gasteiger partial charge on any atom is 0.348 e. The van der Waals surface area contributed by atoms with Gasteiger partial charge in [-0.2, -0.15) is 0 Å². The normalized spacial score (nSPS) is 11.0. The Hall–Kier alpha value is -3.45. The van der Waals surface area contributed by atoms with Crippen molar-refractivity contribution in [2.24, 2.45) is 0 Å². The van der Waals surface area contributed by atoms with Crippen LogP contribution in [0, 0.1) is 6.92 Å². The predicted molar refractivity (Wildman–Crippen MR) is 122 cm³/mol. The average Bonchev–Trinajstić information content (AvgIpc) is 3.13. The lowest BCUT2D eigenvalue weighted by Crippen LogP contribution is -2.40. The Balaban J connectivity index is 1.98. The quantitative estimate of drug-likeness (QED) is 0.433. The second-order valence-corrected chi connectivity index (χ2v) is 8.19. The van der Waals surface area contributed by atoms with Crippen LogP contribution in [-0.2, 0) is 17.8 Å². The summed E-state index contributed by atoms with van der Waals surface area (Å²) in [6.45, 7) is 4.16. The first-order valence-electron chi connectivity index (χ1n) is 10.0. The first-order chi connectivity index (χ1) is 15.0. The molecule has 2 aromatic heterocycles. The summed E-state index contributed by atoms with van der Waals surface area (Å²) < 4.78 is 7.99. The zero-order valence-corrected chi connectivity index (χ0v) is 18.1. The number of carbonyl (C=O) groups is 1. The third kappa shape index (κ3) is 3.96. The molecule has 0 unspecified atom stereocenters. The fraction of sp³-hybridized carbons (Fsp3) is 0.208. The molecule has 0 aliphatic carbocycles. The van der Waals surface area contributed by atoms with E-state index in [1.807, 2.05) is 60.7 Å². The molecule has 0 aliphatic heterocycles. The molecule has 6 nitrogen and oxygen atoms in total. The molecule has 0 atom stereocenters. The van der Waals surface area contributed by atoms with E-state index in [4.69, 9.17) is 4.74 Å². The highest BCUT2D eigenvalue weighted by atomic mass is 32.1. The number of rotatable bonds is 6. The highest BCUT2D eigenvalue weighted by Crippen LogP contribution is 2.29. The smallest absolute Gasteiger partial charge is 0.348 e. The Morgan fingerprint density at radius 1 is 0.903 bits per heavy atom. The molecule has 2 heterocycles. The van der Waals surface area contributed by atoms with Crippen LogP contribution in [0.3, 0.4) is 0 Å². The van der Waals surface area contributed by atoms with E-state index >= 15 is 0 Å². The number of aromatic nitrogens is 2. The highest BCUT2D eigenvalue weighted by Gasteiger charge is 2.24. The van der Waals surface area contributed by atoms with Crippen LogP contribution in [0.25, 0.3) is 10.2 Å². The molecule has 0 fully saturated rings. The van der Waals surface area contributed by atoms with Gasteiger partial charge >= 0.3 is 11.7 Å². The largest absolute Gasteiger partial charge is 0.462 e. The number of carbonyl (C=O) groups excluding carboxylic acids is 1. The van der Waals surface area contributed by atoms with Gasteiger partial charge < -0.3 is 4.74 Å². The third-order valence-electron chi connectivity index (χ3n) is 5.12. The summed E-state index contributed by atoms with van der Waals surface area (Å²) in [5.74, 6) is -0.478. The minimum absolute atomic E-state index is 0.160. The van der Waals surface area contributed by atoms with E-state index in [1.54, 1.807) is 18.4 Å². The number of benzene rings is 2. The summed E-state index contributed by atoms with van der Waals surface area (Å²) in [5.41, 5.74) is 1.54. The summed E-state index contributed by atoms with van der Waals surface area (Å²) in [4.78, 5) is 40.1. The van der Waals surface area contributed by atoms with Crippen molar-refractivity contribution in [3.05, 3.63) is 103 Å². The van der Waals surface area contributed by atoms with Crippen LogP contribution >= 0.6 is 11.3 Å². The molecule has 0 amide bonds. The molecule has 158 valence electrons. The van der Waals surface area contributed by atoms with E-state index in [-0.39, 0.29) is 13.2 Å². The van der Waals surface area contributed by atoms with Gasteiger partial charge in [0.25, 0.3) is 5.56 Å². The van der Waals surface area contributed by atoms with Gasteiger partial charge in [-0.1, -0.05) is 60.7 Å². The van der Waals surface area contributed by atoms with Crippen molar-refractivity contribution in [1.29, 1.82) is 0 Å². The standard InChI is InChI=1S/C24H22N2O4S/c1-3-30-23(28)20-16(2)19-21(27)25(14-17-10-6-4-7-11-17)24(29)26(22(19)31-20)15-18-12-8-5-9-13-18/h4-13H,3,14-15H2,1-2H3. The van der Waals surface area contributed by atoms with E-state index in [9.17, 15) is 14.4 Å². The van der Waals surface area contributed by atoms with E-state index < -0.39 is 17.2 Å². The Kier molecular flexibility index (Phi) is 5.86. The summed E-state index contributed by atoms with van der Waals surface area (Å²) >= 11 is 1.14. The van der Waals surface area contributed by atoms with E-state index in [1.165, 1.54) is 4.57 Å². The Morgan fingerprint density at radius 2 is 1.45 bits per heavy atom. The highest BCUT2D eigenvalue weighted by molar-refractivity contribution is 7.20. The summed E-state index contributed by atoms with van der Waals surface area (Å²) in [6.07, 6.45) is 0. The van der Waals surface area contributed by atoms with Crippen molar-refractivity contribution in [2.75, 3.05) is 6.61 Å². The molecule has 0 saturated carbocycles. The molecular weight excluding hydrogens is 412 g/mol. The van der Waals surface area contributed by atoms with Crippen molar-refractivity contribution < 1.29 is 9.53 Å². The minimum atomic E-state index is -0.478. The fourth-order valence-corrected chi connectivity index (χ4v) is 4.78. The molecule has 0 radical (unpaired) electrons. The second-order valence-electron chi connectivity index (χ2n) is 7.19. The van der Waals surface area contributed by atoms with Crippen LogP contribution in [0.1, 0.15) is 33.3 Å². The van der Waals surface area contributed by atoms with Crippen LogP contribution in [-0.4, -0.2) is 21.7 Å². The van der Waals surface area contributed by atoms with E-state index in [0.29, 0.717) is 27.2 Å². The second kappa shape index (κ2) is 8.73. The Labute approximate surface area is 183 Å². The van der Waals surface area contributed by atoms with Gasteiger partial charge in [-0.15, -0.1) is 11.3 Å². The summed E-state index contributed by atoms with van der Waals surface area (Å²) in [6, 6.07) is 19.0. The van der Waals surface area contributed by atoms with Crippen molar-refractivity contribution in [1.82, 2.24) is 9.13 Å². The van der Waals surface area contributed by atoms with Gasteiger partial charge in [0.05, 0.1) is 25.1 Å². The SMILES string of the molecule is CCOC(=O)c1sc2c(c1C)c(=O)n(Cc1ccccc1)c(=O)n2Cc1ccccc1. The van der Waals surface area contributed by atoms with E-state index in [2.05, 4.69) is 0 Å². The number of ether oxygens (including phenoxy) is 1. The molecule has 2 aromatic carbocycles. The average molecular weight is 435 g/mol. The topological polar surface area (TPSA) is 70.3 Å². The van der Waals surface area contributed by atoms with Crippen molar-refractivity contribution in [2.45, 2.75) is 26.9 Å². The van der Waals surface area contributed by atoms with E-state index in [0.717, 1.165) is 22.5 Å². The third-order valence-corrected chi connectivity index (χ3v) is 6.42. The molecule has 7 heteroatoms. The Morgan fingerprint density at radius 3 is 2.00 bits per heavy atom. The molecule has 0 saturated heterocycles. The van der Waals surface area contributed by atoms with Gasteiger partial charge in [0.1, 0.15) is 9.71 Å². The van der Waals surface area contributed by atoms with Crippen LogP contribution in [0.4, 0.5) is 0 Å². The number of aryl methyl sites for hydroxylation is 1. The zero-order chi connectivity index (χ0) is 22.0. The first-order valence-corrected chi connectivity index (χ1v) is 10.8. The molecule has 0 aliphatic rings. The molecule has 0 spiro atoms. The lowest BCUT2D eigenvalue weighted by Gasteiger charge is -2.12. The van der Waals surface area contributed by atoms with Gasteiger partial charge in [-0.3, -0.25) is 13.9 Å². The van der Waals surface area contributed by atoms with Crippen molar-refractivity contribution >= 4 is 27.5 Å². The van der Waals surface area contributed by atoms with Gasteiger partial charge in [0, 0.05) is 0 Å². The van der Waals surface area contributed by atoms with Gasteiger partial charge in [-0.25, -0.2) is 9.59 Å². The number of hydrogen-bond donors (Lipinski definition) is 0. The lowest BCUT2D eigenvalue weighted by atomic mass is 10.2. The number of esters is 1. The van der Waals surface area contributed by atoms with Gasteiger partial charge in [0.15, 0.2) is 0 Å². The zero-order valence-electron chi connectivity index (χ0n) is 17.3. The maximum atomic E-state index is 13.4. The first kappa shape index (κ1) is 20.8. The van der Waals surface area contributed by atoms with Crippen LogP contribution in [0.2, 0.25) is 0 Å². The lowest BCUT2D eigenvalue weighted by molar-refractivity contribution is 0.0531. The van der Waals surface area contributed by atoms with Gasteiger partial charge in [-0.05, 0) is 30.5 Å². The van der Waals surface area contributed by atoms with Crippen LogP contribution in [0.5, 0.6) is 0 Å². The number of hydrogen-bond acceptors (Lipinski definition) is 5. The summed E-state index contributed by atoms with van der Waals surface area (Å²) in [7, 11) is 0. The minimum Gasteiger partial charge on any atom is -0.462 e. The number of nitrogens with zero attached hydrogens (tertiary/aromatic N) is 2. The van der Waals surface area contributed by atoms with Gasteiger partial charge in [0.2, 0.25) is 0 Å².